The van der Waals surface area contributed by atoms with E-state index in [-0.39, 0.29) is 35.3 Å². The fraction of sp³-hybridized carbons (Fsp3) is 0.250. The van der Waals surface area contributed by atoms with E-state index in [2.05, 4.69) is 4.72 Å². The van der Waals surface area contributed by atoms with Crippen molar-refractivity contribution in [1.29, 1.82) is 0 Å². The maximum absolute atomic E-state index is 12.4. The summed E-state index contributed by atoms with van der Waals surface area (Å²) < 4.78 is 62.4. The van der Waals surface area contributed by atoms with Gasteiger partial charge < -0.3 is 9.15 Å². The number of rotatable bonds is 9. The number of furan rings is 1. The fourth-order valence-electron chi connectivity index (χ4n) is 2.68. The number of ether oxygens (including phenoxy) is 1. The molecule has 0 saturated carbocycles. The fourth-order valence-corrected chi connectivity index (χ4v) is 4.56. The summed E-state index contributed by atoms with van der Waals surface area (Å²) in [7, 11) is -4.76. The van der Waals surface area contributed by atoms with Crippen LogP contribution in [0.5, 0.6) is 0 Å². The highest BCUT2D eigenvalue weighted by Crippen LogP contribution is 2.19. The van der Waals surface area contributed by atoms with Gasteiger partial charge in [0.15, 0.2) is 0 Å². The smallest absolute Gasteiger partial charge is 0.307 e. The molecule has 2 aromatic carbocycles. The Morgan fingerprint density at radius 3 is 2.42 bits per heavy atom. The highest BCUT2D eigenvalue weighted by molar-refractivity contribution is 7.89. The molecule has 3 rings (SSSR count). The van der Waals surface area contributed by atoms with E-state index in [0.29, 0.717) is 0 Å². The van der Waals surface area contributed by atoms with Crippen molar-refractivity contribution < 1.29 is 30.8 Å². The topological polar surface area (TPSA) is 123 Å². The number of sulfonamides is 2. The van der Waals surface area contributed by atoms with Gasteiger partial charge in [-0.2, -0.15) is 0 Å². The molecule has 1 N–H and O–H groups in total. The molecular formula is C20H22N2O7S2. The zero-order valence-corrected chi connectivity index (χ0v) is 18.6. The molecule has 0 radical (unpaired) electrons. The minimum absolute atomic E-state index is 0.102. The Bertz CT molecular complexity index is 1300. The monoisotopic (exact) mass is 466 g/mol. The van der Waals surface area contributed by atoms with Gasteiger partial charge in [0.05, 0.1) is 11.3 Å². The average molecular weight is 467 g/mol. The number of nitrogens with one attached hydrogen (secondary N) is 1. The van der Waals surface area contributed by atoms with Crippen molar-refractivity contribution >= 4 is 36.8 Å². The van der Waals surface area contributed by atoms with Crippen LogP contribution in [0.2, 0.25) is 0 Å². The molecule has 0 saturated heterocycles. The largest absolute Gasteiger partial charge is 0.457 e. The molecule has 0 atom stereocenters. The van der Waals surface area contributed by atoms with E-state index < -0.39 is 26.0 Å². The molecule has 9 nitrogen and oxygen atoms in total. The molecule has 0 amide bonds. The summed E-state index contributed by atoms with van der Waals surface area (Å²) in [5.74, 6) is -0.500. The van der Waals surface area contributed by atoms with Crippen LogP contribution in [-0.4, -0.2) is 47.8 Å². The molecule has 0 aliphatic carbocycles. The number of fused-ring (bicyclic) bond motifs is 1. The minimum Gasteiger partial charge on any atom is -0.457 e. The second kappa shape index (κ2) is 9.18. The summed E-state index contributed by atoms with van der Waals surface area (Å²) in [5.41, 5.74) is 0. The van der Waals surface area contributed by atoms with Gasteiger partial charge in [-0.15, -0.1) is 0 Å². The van der Waals surface area contributed by atoms with Gasteiger partial charge in [-0.25, -0.2) is 25.9 Å². The zero-order valence-electron chi connectivity index (χ0n) is 16.9. The molecule has 0 unspecified atom stereocenters. The second-order valence-corrected chi connectivity index (χ2v) is 10.7. The van der Waals surface area contributed by atoms with E-state index in [1.165, 1.54) is 32.3 Å². The number of carbonyl (C=O) groups is 1. The van der Waals surface area contributed by atoms with Gasteiger partial charge in [0.1, 0.15) is 12.4 Å². The van der Waals surface area contributed by atoms with E-state index >= 15 is 0 Å². The van der Waals surface area contributed by atoms with Crippen LogP contribution in [0.3, 0.4) is 0 Å². The summed E-state index contributed by atoms with van der Waals surface area (Å²) in [6, 6.07) is 14.8. The third-order valence-electron chi connectivity index (χ3n) is 4.40. The van der Waals surface area contributed by atoms with Crippen LogP contribution in [0.4, 0.5) is 0 Å². The number of carbonyl (C=O) groups excluding carboxylic acids is 1. The summed E-state index contributed by atoms with van der Waals surface area (Å²) in [6.07, 6.45) is -0.198. The number of hydrogen-bond donors (Lipinski definition) is 1. The van der Waals surface area contributed by atoms with Crippen LogP contribution in [0, 0.1) is 0 Å². The highest BCUT2D eigenvalue weighted by atomic mass is 32.2. The number of nitrogens with zero attached hydrogens (tertiary/aromatic N) is 1. The Hall–Kier alpha value is -2.73. The molecule has 0 bridgehead atoms. The summed E-state index contributed by atoms with van der Waals surface area (Å²) >= 11 is 0. The van der Waals surface area contributed by atoms with E-state index in [4.69, 9.17) is 9.15 Å². The normalized spacial score (nSPS) is 12.4. The van der Waals surface area contributed by atoms with Gasteiger partial charge in [0, 0.05) is 20.6 Å². The maximum atomic E-state index is 12.4. The minimum atomic E-state index is -3.78. The summed E-state index contributed by atoms with van der Waals surface area (Å²) in [5, 5.41) is 1.45. The van der Waals surface area contributed by atoms with E-state index in [1.807, 2.05) is 24.3 Å². The van der Waals surface area contributed by atoms with Crippen LogP contribution < -0.4 is 4.72 Å². The molecule has 0 aliphatic heterocycles. The molecule has 31 heavy (non-hydrogen) atoms. The van der Waals surface area contributed by atoms with Crippen LogP contribution in [-0.2, 0) is 36.2 Å². The summed E-state index contributed by atoms with van der Waals surface area (Å²) in [6.45, 7) is -0.411. The third kappa shape index (κ3) is 5.50. The predicted molar refractivity (Wildman–Crippen MR) is 113 cm³/mol. The number of esters is 1. The SMILES string of the molecule is CN(C)S(=O)(=O)c1ccc(COC(=O)CCNS(=O)(=O)c2ccc3ccccc3c2)o1. The van der Waals surface area contributed by atoms with Crippen molar-refractivity contribution in [2.45, 2.75) is 23.0 Å². The van der Waals surface area contributed by atoms with Crippen LogP contribution in [0.15, 0.2) is 69.0 Å². The molecule has 166 valence electrons. The van der Waals surface area contributed by atoms with Crippen molar-refractivity contribution in [1.82, 2.24) is 9.03 Å². The standard InChI is InChI=1S/C20H22N2O7S2/c1-22(2)31(26,27)20-10-8-17(29-20)14-28-19(23)11-12-21-30(24,25)18-9-7-15-5-3-4-6-16(15)13-18/h3-10,13,21H,11-12,14H2,1-2H3. The molecule has 0 spiro atoms. The lowest BCUT2D eigenvalue weighted by Crippen LogP contribution is -2.26. The van der Waals surface area contributed by atoms with Crippen molar-refractivity contribution in [3.8, 4) is 0 Å². The molecular weight excluding hydrogens is 444 g/mol. The van der Waals surface area contributed by atoms with Crippen LogP contribution in [0.1, 0.15) is 12.2 Å². The van der Waals surface area contributed by atoms with Crippen molar-refractivity contribution in [2.75, 3.05) is 20.6 Å². The first-order valence-corrected chi connectivity index (χ1v) is 12.2. The molecule has 1 aromatic heterocycles. The molecule has 3 aromatic rings. The average Bonchev–Trinajstić information content (AvgIpc) is 3.21. The van der Waals surface area contributed by atoms with Gasteiger partial charge in [0.25, 0.3) is 10.0 Å². The van der Waals surface area contributed by atoms with Crippen LogP contribution in [0.25, 0.3) is 10.8 Å². The molecule has 11 heteroatoms. The van der Waals surface area contributed by atoms with E-state index in [0.717, 1.165) is 15.1 Å². The lowest BCUT2D eigenvalue weighted by atomic mass is 10.1. The maximum Gasteiger partial charge on any atom is 0.307 e. The number of benzene rings is 2. The first kappa shape index (κ1) is 22.9. The van der Waals surface area contributed by atoms with Gasteiger partial charge in [-0.1, -0.05) is 30.3 Å². The Labute approximate surface area is 180 Å². The Morgan fingerprint density at radius 2 is 1.71 bits per heavy atom. The third-order valence-corrected chi connectivity index (χ3v) is 7.55. The molecule has 0 fully saturated rings. The molecule has 1 heterocycles. The Balaban J connectivity index is 1.51. The van der Waals surface area contributed by atoms with E-state index in [1.54, 1.807) is 12.1 Å². The zero-order chi connectivity index (χ0) is 22.6. The first-order valence-electron chi connectivity index (χ1n) is 9.25. The van der Waals surface area contributed by atoms with Crippen molar-refractivity contribution in [3.63, 3.8) is 0 Å². The predicted octanol–water partition coefficient (Wildman–Crippen LogP) is 2.09. The van der Waals surface area contributed by atoms with Gasteiger partial charge in [0.2, 0.25) is 15.1 Å². The van der Waals surface area contributed by atoms with Crippen LogP contribution >= 0.6 is 0 Å². The lowest BCUT2D eigenvalue weighted by Gasteiger charge is -2.08. The Kier molecular flexibility index (Phi) is 6.80. The number of hydrogen-bond acceptors (Lipinski definition) is 7. The van der Waals surface area contributed by atoms with E-state index in [9.17, 15) is 21.6 Å². The van der Waals surface area contributed by atoms with Gasteiger partial charge in [-0.3, -0.25) is 4.79 Å². The van der Waals surface area contributed by atoms with Gasteiger partial charge in [-0.05, 0) is 35.0 Å². The highest BCUT2D eigenvalue weighted by Gasteiger charge is 2.22. The molecule has 0 aliphatic rings. The quantitative estimate of drug-likeness (QED) is 0.479. The van der Waals surface area contributed by atoms with Crippen molar-refractivity contribution in [2.24, 2.45) is 0 Å². The lowest BCUT2D eigenvalue weighted by molar-refractivity contribution is -0.145. The van der Waals surface area contributed by atoms with Crippen molar-refractivity contribution in [3.05, 3.63) is 60.4 Å². The first-order chi connectivity index (χ1) is 14.6. The summed E-state index contributed by atoms with van der Waals surface area (Å²) in [4.78, 5) is 12.0. The Morgan fingerprint density at radius 1 is 1.00 bits per heavy atom. The second-order valence-electron chi connectivity index (χ2n) is 6.83. The van der Waals surface area contributed by atoms with Gasteiger partial charge >= 0.3 is 5.97 Å².